The van der Waals surface area contributed by atoms with Gasteiger partial charge in [0.2, 0.25) is 5.91 Å². The molecule has 0 aromatic heterocycles. The topological polar surface area (TPSA) is 72.2 Å². The molecule has 168 valence electrons. The molecule has 4 nitrogen and oxygen atoms in total. The van der Waals surface area contributed by atoms with Crippen LogP contribution in [0.4, 0.5) is 0 Å². The third-order valence-corrected chi connectivity index (χ3v) is 6.65. The number of carbonyl (C=O) groups excluding carboxylic acids is 2. The van der Waals surface area contributed by atoms with Gasteiger partial charge in [-0.2, -0.15) is 0 Å². The molecule has 0 saturated heterocycles. The summed E-state index contributed by atoms with van der Waals surface area (Å²) in [5.74, 6) is 1.39. The minimum absolute atomic E-state index is 0.0883. The van der Waals surface area contributed by atoms with E-state index in [1.165, 1.54) is 83.5 Å². The van der Waals surface area contributed by atoms with E-state index >= 15 is 0 Å². The van der Waals surface area contributed by atoms with Gasteiger partial charge in [0.25, 0.3) is 5.91 Å². The highest BCUT2D eigenvalue weighted by Gasteiger charge is 2.13. The van der Waals surface area contributed by atoms with E-state index in [2.05, 4.69) is 12.2 Å². The van der Waals surface area contributed by atoms with Gasteiger partial charge in [0.05, 0.1) is 0 Å². The first-order valence-electron chi connectivity index (χ1n) is 12.3. The van der Waals surface area contributed by atoms with Gasteiger partial charge in [-0.25, -0.2) is 0 Å². The molecule has 0 atom stereocenters. The highest BCUT2D eigenvalue weighted by molar-refractivity contribution is 5.97. The lowest BCUT2D eigenvalue weighted by atomic mass is 9.86. The molecule has 2 saturated carbocycles. The minimum atomic E-state index is -0.477. The number of nitrogens with one attached hydrogen (secondary N) is 1. The molecule has 1 aromatic carbocycles. The van der Waals surface area contributed by atoms with Gasteiger partial charge in [-0.05, 0) is 48.9 Å². The number of amides is 2. The summed E-state index contributed by atoms with van der Waals surface area (Å²) in [5, 5.41) is 2.93. The first kappa shape index (κ1) is 24.4. The zero-order chi connectivity index (χ0) is 21.6. The zero-order valence-electron chi connectivity index (χ0n) is 19.0. The maximum Gasteiger partial charge on any atom is 0.251 e. The van der Waals surface area contributed by atoms with Crippen molar-refractivity contribution in [1.82, 2.24) is 5.32 Å². The molecule has 2 aliphatic rings. The normalized spacial score (nSPS) is 17.6. The van der Waals surface area contributed by atoms with E-state index in [9.17, 15) is 9.59 Å². The lowest BCUT2D eigenvalue weighted by molar-refractivity contribution is 0.0949. The number of hydrogen-bond acceptors (Lipinski definition) is 2. The van der Waals surface area contributed by atoms with Crippen LogP contribution in [0.1, 0.15) is 118 Å². The Bertz CT molecular complexity index is 612. The average Bonchev–Trinajstić information content (AvgIpc) is 2.79. The van der Waals surface area contributed by atoms with Gasteiger partial charge in [0.1, 0.15) is 0 Å². The minimum Gasteiger partial charge on any atom is -0.366 e. The lowest BCUT2D eigenvalue weighted by Gasteiger charge is -2.21. The quantitative estimate of drug-likeness (QED) is 0.494. The van der Waals surface area contributed by atoms with E-state index in [1.807, 2.05) is 0 Å². The Morgan fingerprint density at radius 1 is 0.833 bits per heavy atom. The third kappa shape index (κ3) is 9.32. The van der Waals surface area contributed by atoms with Crippen LogP contribution in [0, 0.1) is 11.8 Å². The molecule has 2 aliphatic carbocycles. The van der Waals surface area contributed by atoms with Crippen molar-refractivity contribution in [2.24, 2.45) is 17.6 Å². The molecule has 0 aliphatic heterocycles. The third-order valence-electron chi connectivity index (χ3n) is 6.65. The summed E-state index contributed by atoms with van der Waals surface area (Å²) in [7, 11) is 0. The van der Waals surface area contributed by atoms with Crippen molar-refractivity contribution in [3.05, 3.63) is 35.4 Å². The smallest absolute Gasteiger partial charge is 0.251 e. The summed E-state index contributed by atoms with van der Waals surface area (Å²) in [6.07, 6.45) is 19.5. The Balaban J connectivity index is 0.000000297. The summed E-state index contributed by atoms with van der Waals surface area (Å²) < 4.78 is 0. The monoisotopic (exact) mass is 414 g/mol. The first-order chi connectivity index (χ1) is 14.6. The fraction of sp³-hybridized carbons (Fsp3) is 0.692. The molecule has 30 heavy (non-hydrogen) atoms. The summed E-state index contributed by atoms with van der Waals surface area (Å²) in [5.41, 5.74) is 6.16. The Hall–Kier alpha value is -1.84. The Morgan fingerprint density at radius 3 is 1.83 bits per heavy atom. The van der Waals surface area contributed by atoms with Gasteiger partial charge in [-0.3, -0.25) is 9.59 Å². The second-order valence-corrected chi connectivity index (χ2v) is 9.14. The molecule has 2 fully saturated rings. The molecule has 2 amide bonds. The van der Waals surface area contributed by atoms with Crippen molar-refractivity contribution < 1.29 is 9.59 Å². The fourth-order valence-corrected chi connectivity index (χ4v) is 4.84. The maximum absolute atomic E-state index is 11.9. The van der Waals surface area contributed by atoms with Crippen LogP contribution in [0.5, 0.6) is 0 Å². The number of carbonyl (C=O) groups is 2. The van der Waals surface area contributed by atoms with Crippen molar-refractivity contribution in [3.8, 4) is 0 Å². The van der Waals surface area contributed by atoms with Crippen LogP contribution in [0.25, 0.3) is 0 Å². The fourth-order valence-electron chi connectivity index (χ4n) is 4.84. The van der Waals surface area contributed by atoms with Crippen LogP contribution < -0.4 is 11.1 Å². The Labute approximate surface area is 183 Å². The number of rotatable bonds is 8. The molecular formula is C26H42N2O2. The number of benzene rings is 1. The van der Waals surface area contributed by atoms with Gasteiger partial charge in [0, 0.05) is 17.7 Å². The predicted molar refractivity (Wildman–Crippen MR) is 125 cm³/mol. The van der Waals surface area contributed by atoms with Crippen molar-refractivity contribution in [2.45, 2.75) is 96.8 Å². The average molecular weight is 415 g/mol. The molecule has 3 rings (SSSR count). The van der Waals surface area contributed by atoms with Crippen LogP contribution in [0.3, 0.4) is 0 Å². The Morgan fingerprint density at radius 2 is 1.33 bits per heavy atom. The zero-order valence-corrected chi connectivity index (χ0v) is 19.0. The highest BCUT2D eigenvalue weighted by atomic mass is 16.2. The van der Waals surface area contributed by atoms with Gasteiger partial charge in [-0.1, -0.05) is 84.0 Å². The van der Waals surface area contributed by atoms with E-state index in [0.29, 0.717) is 17.7 Å². The molecule has 0 unspecified atom stereocenters. The first-order valence-corrected chi connectivity index (χ1v) is 12.3. The lowest BCUT2D eigenvalue weighted by Crippen LogP contribution is -2.25. The molecule has 0 spiro atoms. The van der Waals surface area contributed by atoms with E-state index in [1.54, 1.807) is 24.3 Å². The van der Waals surface area contributed by atoms with E-state index < -0.39 is 5.91 Å². The molecule has 0 heterocycles. The van der Waals surface area contributed by atoms with Gasteiger partial charge >= 0.3 is 0 Å². The Kier molecular flexibility index (Phi) is 11.6. The van der Waals surface area contributed by atoms with E-state index in [0.717, 1.165) is 18.3 Å². The maximum atomic E-state index is 11.9. The van der Waals surface area contributed by atoms with E-state index in [4.69, 9.17) is 5.73 Å². The molecule has 3 N–H and O–H groups in total. The van der Waals surface area contributed by atoms with Gasteiger partial charge in [-0.15, -0.1) is 0 Å². The predicted octanol–water partition coefficient (Wildman–Crippen LogP) is 6.24. The molecule has 1 aromatic rings. The summed E-state index contributed by atoms with van der Waals surface area (Å²) in [6.45, 7) is 3.02. The molecule has 0 radical (unpaired) electrons. The summed E-state index contributed by atoms with van der Waals surface area (Å²) in [6, 6.07) is 6.44. The second-order valence-electron chi connectivity index (χ2n) is 9.14. The highest BCUT2D eigenvalue weighted by Crippen LogP contribution is 2.27. The van der Waals surface area contributed by atoms with Crippen LogP contribution in [-0.4, -0.2) is 18.4 Å². The standard InChI is InChI=1S/C17H24N2O2.C9H18/c18-16(20)14-8-10-15(11-9-14)17(21)19-12-4-7-13-5-2-1-3-6-13;1-2-6-9-7-4-3-5-8-9/h8-11,13H,1-7,12H2,(H2,18,20)(H,19,21);9H,2-8H2,1H3. The van der Waals surface area contributed by atoms with Crippen molar-refractivity contribution in [1.29, 1.82) is 0 Å². The van der Waals surface area contributed by atoms with Crippen molar-refractivity contribution >= 4 is 11.8 Å². The number of nitrogens with two attached hydrogens (primary N) is 1. The van der Waals surface area contributed by atoms with Gasteiger partial charge in [0.15, 0.2) is 0 Å². The molecular weight excluding hydrogens is 372 g/mol. The summed E-state index contributed by atoms with van der Waals surface area (Å²) >= 11 is 0. The van der Waals surface area contributed by atoms with E-state index in [-0.39, 0.29) is 5.91 Å². The van der Waals surface area contributed by atoms with Crippen LogP contribution in [0.15, 0.2) is 24.3 Å². The number of hydrogen-bond donors (Lipinski definition) is 2. The largest absolute Gasteiger partial charge is 0.366 e. The molecule has 4 heteroatoms. The SMILES string of the molecule is CCCC1CCCCC1.NC(=O)c1ccc(C(=O)NCCCC2CCCCC2)cc1. The second kappa shape index (κ2) is 14.2. The molecule has 0 bridgehead atoms. The van der Waals surface area contributed by atoms with Crippen molar-refractivity contribution in [3.63, 3.8) is 0 Å². The number of primary amides is 1. The van der Waals surface area contributed by atoms with Crippen LogP contribution in [-0.2, 0) is 0 Å². The van der Waals surface area contributed by atoms with Crippen LogP contribution in [0.2, 0.25) is 0 Å². The van der Waals surface area contributed by atoms with Crippen molar-refractivity contribution in [2.75, 3.05) is 6.54 Å². The van der Waals surface area contributed by atoms with Gasteiger partial charge < -0.3 is 11.1 Å². The summed E-state index contributed by atoms with van der Waals surface area (Å²) in [4.78, 5) is 22.9. The van der Waals surface area contributed by atoms with Crippen LogP contribution >= 0.6 is 0 Å².